The summed E-state index contributed by atoms with van der Waals surface area (Å²) in [5.41, 5.74) is 0.716. The molecule has 0 aliphatic carbocycles. The molecule has 1 aromatic rings. The van der Waals surface area contributed by atoms with Crippen molar-refractivity contribution in [1.29, 1.82) is 0 Å². The molecule has 20 heavy (non-hydrogen) atoms. The number of carbonyl (C=O) groups excluding carboxylic acids is 2. The van der Waals surface area contributed by atoms with Gasteiger partial charge in [0.15, 0.2) is 0 Å². The smallest absolute Gasteiger partial charge is 0.242 e. The molecular formula is C14H20FN3O2. The molecule has 5 nitrogen and oxygen atoms in total. The van der Waals surface area contributed by atoms with Crippen LogP contribution in [-0.4, -0.2) is 43.9 Å². The molecule has 0 saturated heterocycles. The third-order valence-corrected chi connectivity index (χ3v) is 2.75. The average molecular weight is 281 g/mol. The fourth-order valence-electron chi connectivity index (χ4n) is 1.85. The van der Waals surface area contributed by atoms with Crippen molar-refractivity contribution < 1.29 is 14.0 Å². The van der Waals surface area contributed by atoms with E-state index in [4.69, 9.17) is 0 Å². The Balaban J connectivity index is 2.64. The van der Waals surface area contributed by atoms with Crippen molar-refractivity contribution in [2.75, 3.05) is 27.2 Å². The predicted octanol–water partition coefficient (Wildman–Crippen LogP) is 0.681. The summed E-state index contributed by atoms with van der Waals surface area (Å²) in [7, 11) is 3.56. The second-order valence-corrected chi connectivity index (χ2v) is 4.69. The number of hydrogen-bond donors (Lipinski definition) is 2. The molecule has 0 aliphatic rings. The number of halogens is 1. The molecule has 2 amide bonds. The van der Waals surface area contributed by atoms with E-state index in [1.807, 2.05) is 0 Å². The number of nitrogens with one attached hydrogen (secondary N) is 2. The summed E-state index contributed by atoms with van der Waals surface area (Å²) in [6.45, 7) is 2.15. The number of rotatable bonds is 6. The zero-order valence-electron chi connectivity index (χ0n) is 11.9. The molecule has 0 bridgehead atoms. The maximum absolute atomic E-state index is 12.9. The van der Waals surface area contributed by atoms with Gasteiger partial charge in [-0.1, -0.05) is 12.1 Å². The molecule has 1 rings (SSSR count). The molecule has 0 saturated carbocycles. The third-order valence-electron chi connectivity index (χ3n) is 2.75. The first-order valence-electron chi connectivity index (χ1n) is 6.36. The lowest BCUT2D eigenvalue weighted by molar-refractivity contribution is -0.126. The van der Waals surface area contributed by atoms with Gasteiger partial charge in [0.2, 0.25) is 11.8 Å². The highest BCUT2D eigenvalue weighted by Gasteiger charge is 2.22. The van der Waals surface area contributed by atoms with E-state index < -0.39 is 6.04 Å². The minimum absolute atomic E-state index is 0.137. The van der Waals surface area contributed by atoms with Crippen molar-refractivity contribution in [1.82, 2.24) is 15.5 Å². The van der Waals surface area contributed by atoms with Gasteiger partial charge in [0.25, 0.3) is 0 Å². The quantitative estimate of drug-likeness (QED) is 0.754. The SMILES string of the molecule is CC(=O)NCCNC(=O)C(c1ccc(F)cc1)N(C)C. The van der Waals surface area contributed by atoms with Crippen LogP contribution in [-0.2, 0) is 9.59 Å². The predicted molar refractivity (Wildman–Crippen MR) is 74.5 cm³/mol. The Labute approximate surface area is 118 Å². The first-order valence-corrected chi connectivity index (χ1v) is 6.36. The summed E-state index contributed by atoms with van der Waals surface area (Å²) in [4.78, 5) is 24.6. The largest absolute Gasteiger partial charge is 0.355 e. The summed E-state index contributed by atoms with van der Waals surface area (Å²) in [5.74, 6) is -0.661. The zero-order chi connectivity index (χ0) is 15.1. The van der Waals surface area contributed by atoms with Crippen LogP contribution >= 0.6 is 0 Å². The normalized spacial score (nSPS) is 12.1. The van der Waals surface area contributed by atoms with Crippen LogP contribution in [0.1, 0.15) is 18.5 Å². The Morgan fingerprint density at radius 3 is 2.20 bits per heavy atom. The van der Waals surface area contributed by atoms with Gasteiger partial charge in [-0.25, -0.2) is 4.39 Å². The van der Waals surface area contributed by atoms with E-state index in [0.717, 1.165) is 0 Å². The van der Waals surface area contributed by atoms with Crippen molar-refractivity contribution in [2.24, 2.45) is 0 Å². The van der Waals surface area contributed by atoms with Crippen LogP contribution in [0.4, 0.5) is 4.39 Å². The molecular weight excluding hydrogens is 261 g/mol. The van der Waals surface area contributed by atoms with Gasteiger partial charge in [-0.05, 0) is 31.8 Å². The lowest BCUT2D eigenvalue weighted by Gasteiger charge is -2.23. The standard InChI is InChI=1S/C14H20FN3O2/c1-10(19)16-8-9-17-14(20)13(18(2)3)11-4-6-12(15)7-5-11/h4-7,13H,8-9H2,1-3H3,(H,16,19)(H,17,20). The second kappa shape index (κ2) is 7.59. The van der Waals surface area contributed by atoms with E-state index >= 15 is 0 Å². The van der Waals surface area contributed by atoms with E-state index in [9.17, 15) is 14.0 Å². The first-order chi connectivity index (χ1) is 9.41. The van der Waals surface area contributed by atoms with Crippen molar-refractivity contribution in [3.8, 4) is 0 Å². The van der Waals surface area contributed by atoms with Gasteiger partial charge in [0.1, 0.15) is 11.9 Å². The highest BCUT2D eigenvalue weighted by atomic mass is 19.1. The monoisotopic (exact) mass is 281 g/mol. The van der Waals surface area contributed by atoms with Crippen LogP contribution < -0.4 is 10.6 Å². The number of carbonyl (C=O) groups is 2. The molecule has 2 N–H and O–H groups in total. The first kappa shape index (κ1) is 16.1. The lowest BCUT2D eigenvalue weighted by atomic mass is 10.1. The lowest BCUT2D eigenvalue weighted by Crippen LogP contribution is -2.40. The van der Waals surface area contributed by atoms with Gasteiger partial charge >= 0.3 is 0 Å². The van der Waals surface area contributed by atoms with E-state index in [0.29, 0.717) is 18.7 Å². The molecule has 0 aromatic heterocycles. The summed E-state index contributed by atoms with van der Waals surface area (Å²) in [6.07, 6.45) is 0. The van der Waals surface area contributed by atoms with E-state index in [1.165, 1.54) is 19.1 Å². The number of benzene rings is 1. The number of likely N-dealkylation sites (N-methyl/N-ethyl adjacent to an activating group) is 1. The molecule has 0 spiro atoms. The molecule has 0 fully saturated rings. The molecule has 0 radical (unpaired) electrons. The van der Waals surface area contributed by atoms with E-state index in [1.54, 1.807) is 31.1 Å². The number of amides is 2. The van der Waals surface area contributed by atoms with Gasteiger partial charge in [-0.3, -0.25) is 14.5 Å². The molecule has 6 heteroatoms. The summed E-state index contributed by atoms with van der Waals surface area (Å²) >= 11 is 0. The minimum atomic E-state index is -0.493. The maximum Gasteiger partial charge on any atom is 0.242 e. The average Bonchev–Trinajstić information content (AvgIpc) is 2.36. The van der Waals surface area contributed by atoms with Gasteiger partial charge in [0, 0.05) is 20.0 Å². The Hall–Kier alpha value is -1.95. The zero-order valence-corrected chi connectivity index (χ0v) is 11.9. The number of nitrogens with zero attached hydrogens (tertiary/aromatic N) is 1. The van der Waals surface area contributed by atoms with E-state index in [2.05, 4.69) is 10.6 Å². The van der Waals surface area contributed by atoms with Crippen LogP contribution in [0.5, 0.6) is 0 Å². The second-order valence-electron chi connectivity index (χ2n) is 4.69. The molecule has 1 unspecified atom stereocenters. The Morgan fingerprint density at radius 2 is 1.70 bits per heavy atom. The van der Waals surface area contributed by atoms with Crippen molar-refractivity contribution in [3.05, 3.63) is 35.6 Å². The fourth-order valence-corrected chi connectivity index (χ4v) is 1.85. The summed E-state index contributed by atoms with van der Waals surface area (Å²) in [6, 6.07) is 5.35. The van der Waals surface area contributed by atoms with Gasteiger partial charge in [0.05, 0.1) is 0 Å². The Bertz CT molecular complexity index is 460. The maximum atomic E-state index is 12.9. The molecule has 0 aliphatic heterocycles. The Morgan fingerprint density at radius 1 is 1.15 bits per heavy atom. The van der Waals surface area contributed by atoms with Crippen LogP contribution in [0.2, 0.25) is 0 Å². The van der Waals surface area contributed by atoms with Crippen LogP contribution in [0.3, 0.4) is 0 Å². The summed E-state index contributed by atoms with van der Waals surface area (Å²) in [5, 5.41) is 5.34. The molecule has 0 heterocycles. The highest BCUT2D eigenvalue weighted by Crippen LogP contribution is 2.18. The van der Waals surface area contributed by atoms with Crippen LogP contribution in [0.15, 0.2) is 24.3 Å². The molecule has 110 valence electrons. The third kappa shape index (κ3) is 4.97. The summed E-state index contributed by atoms with van der Waals surface area (Å²) < 4.78 is 12.9. The number of hydrogen-bond acceptors (Lipinski definition) is 3. The van der Waals surface area contributed by atoms with Gasteiger partial charge in [-0.2, -0.15) is 0 Å². The highest BCUT2D eigenvalue weighted by molar-refractivity contribution is 5.83. The van der Waals surface area contributed by atoms with Crippen molar-refractivity contribution in [3.63, 3.8) is 0 Å². The van der Waals surface area contributed by atoms with E-state index in [-0.39, 0.29) is 17.6 Å². The van der Waals surface area contributed by atoms with Crippen LogP contribution in [0, 0.1) is 5.82 Å². The van der Waals surface area contributed by atoms with Crippen LogP contribution in [0.25, 0.3) is 0 Å². The minimum Gasteiger partial charge on any atom is -0.355 e. The molecule has 1 atom stereocenters. The fraction of sp³-hybridized carbons (Fsp3) is 0.429. The van der Waals surface area contributed by atoms with Crippen molar-refractivity contribution in [2.45, 2.75) is 13.0 Å². The molecule has 1 aromatic carbocycles. The Kier molecular flexibility index (Phi) is 6.11. The topological polar surface area (TPSA) is 61.4 Å². The van der Waals surface area contributed by atoms with Gasteiger partial charge < -0.3 is 10.6 Å². The van der Waals surface area contributed by atoms with Gasteiger partial charge in [-0.15, -0.1) is 0 Å². The van der Waals surface area contributed by atoms with Crippen molar-refractivity contribution >= 4 is 11.8 Å².